The number of halogens is 1. The number of aryl methyl sites for hydroxylation is 1. The van der Waals surface area contributed by atoms with E-state index in [1.165, 1.54) is 22.6 Å². The van der Waals surface area contributed by atoms with Crippen LogP contribution in [0.1, 0.15) is 33.8 Å². The highest BCUT2D eigenvalue weighted by Crippen LogP contribution is 2.27. The lowest BCUT2D eigenvalue weighted by Gasteiger charge is -2.33. The van der Waals surface area contributed by atoms with E-state index in [1.54, 1.807) is 16.2 Å². The van der Waals surface area contributed by atoms with Crippen LogP contribution in [0.15, 0.2) is 42.5 Å². The highest BCUT2D eigenvalue weighted by molar-refractivity contribution is 7.15. The van der Waals surface area contributed by atoms with Crippen LogP contribution >= 0.6 is 11.3 Å². The van der Waals surface area contributed by atoms with E-state index in [-0.39, 0.29) is 11.7 Å². The van der Waals surface area contributed by atoms with Crippen LogP contribution in [0.4, 0.5) is 4.39 Å². The molecular weight excluding hydrogens is 411 g/mol. The normalized spacial score (nSPS) is 15.3. The van der Waals surface area contributed by atoms with E-state index in [9.17, 15) is 9.18 Å². The fourth-order valence-corrected chi connectivity index (χ4v) is 4.97. The van der Waals surface area contributed by atoms with Crippen molar-refractivity contribution in [1.29, 1.82) is 0 Å². The number of aromatic nitrogens is 2. The van der Waals surface area contributed by atoms with Crippen LogP contribution in [-0.4, -0.2) is 59.1 Å². The zero-order valence-electron chi connectivity index (χ0n) is 18.1. The highest BCUT2D eigenvalue weighted by Gasteiger charge is 2.23. The van der Waals surface area contributed by atoms with E-state index in [2.05, 4.69) is 34.2 Å². The minimum Gasteiger partial charge on any atom is -0.340 e. The third-order valence-corrected chi connectivity index (χ3v) is 7.05. The fraction of sp³-hybridized carbons (Fsp3) is 0.417. The molecule has 1 aliphatic heterocycles. The third-order valence-electron chi connectivity index (χ3n) is 6.02. The van der Waals surface area contributed by atoms with E-state index in [0.29, 0.717) is 11.6 Å². The Morgan fingerprint density at radius 1 is 1.23 bits per heavy atom. The van der Waals surface area contributed by atoms with Crippen molar-refractivity contribution in [2.45, 2.75) is 26.2 Å². The predicted octanol–water partition coefficient (Wildman–Crippen LogP) is 4.61. The van der Waals surface area contributed by atoms with Crippen LogP contribution in [-0.2, 0) is 6.42 Å². The van der Waals surface area contributed by atoms with Crippen molar-refractivity contribution in [1.82, 2.24) is 20.0 Å². The first-order valence-electron chi connectivity index (χ1n) is 10.8. The molecule has 1 saturated heterocycles. The average Bonchev–Trinajstić information content (AvgIpc) is 3.43. The summed E-state index contributed by atoms with van der Waals surface area (Å²) in [5, 5.41) is 7.24. The minimum absolute atomic E-state index is 0.0329. The molecule has 2 aromatic heterocycles. The Balaban J connectivity index is 1.23. The number of amides is 1. The molecule has 1 fully saturated rings. The molecule has 0 radical (unpaired) electrons. The zero-order chi connectivity index (χ0) is 21.8. The SMILES string of the molecule is Cc1ccc(-c2cc(C(=O)N(C)CC3CCN(CCc4ccc(F)cc4)CC3)n[nH]2)s1. The predicted molar refractivity (Wildman–Crippen MR) is 123 cm³/mol. The third kappa shape index (κ3) is 5.60. The summed E-state index contributed by atoms with van der Waals surface area (Å²) < 4.78 is 13.0. The molecule has 0 atom stereocenters. The second-order valence-corrected chi connectivity index (χ2v) is 9.71. The first-order chi connectivity index (χ1) is 15.0. The molecule has 4 rings (SSSR count). The van der Waals surface area contributed by atoms with Crippen molar-refractivity contribution >= 4 is 17.2 Å². The summed E-state index contributed by atoms with van der Waals surface area (Å²) in [4.78, 5) is 19.4. The van der Waals surface area contributed by atoms with Gasteiger partial charge in [0.25, 0.3) is 5.91 Å². The van der Waals surface area contributed by atoms with Gasteiger partial charge in [0.15, 0.2) is 5.69 Å². The lowest BCUT2D eigenvalue weighted by atomic mass is 9.96. The Morgan fingerprint density at radius 2 is 1.97 bits per heavy atom. The molecule has 0 saturated carbocycles. The Labute approximate surface area is 186 Å². The molecule has 1 aliphatic rings. The van der Waals surface area contributed by atoms with Gasteiger partial charge < -0.3 is 9.80 Å². The van der Waals surface area contributed by atoms with Gasteiger partial charge in [-0.3, -0.25) is 9.89 Å². The Morgan fingerprint density at radius 3 is 2.65 bits per heavy atom. The summed E-state index contributed by atoms with van der Waals surface area (Å²) in [7, 11) is 1.87. The Kier molecular flexibility index (Phi) is 6.83. The number of nitrogens with zero attached hydrogens (tertiary/aromatic N) is 3. The molecule has 0 spiro atoms. The molecule has 1 amide bonds. The fourth-order valence-electron chi connectivity index (χ4n) is 4.13. The number of carbonyl (C=O) groups excluding carboxylic acids is 1. The molecule has 31 heavy (non-hydrogen) atoms. The lowest BCUT2D eigenvalue weighted by molar-refractivity contribution is 0.0734. The standard InChI is InChI=1S/C24H29FN4OS/c1-17-3-8-23(31-17)21-15-22(27-26-21)24(30)28(2)16-19-10-13-29(14-11-19)12-9-18-4-6-20(25)7-5-18/h3-8,15,19H,9-14,16H2,1-2H3,(H,26,27). The number of hydrogen-bond donors (Lipinski definition) is 1. The molecule has 1 aromatic carbocycles. The lowest BCUT2D eigenvalue weighted by Crippen LogP contribution is -2.40. The number of carbonyl (C=O) groups is 1. The van der Waals surface area contributed by atoms with E-state index in [4.69, 9.17) is 0 Å². The number of nitrogens with one attached hydrogen (secondary N) is 1. The van der Waals surface area contributed by atoms with Crippen LogP contribution in [0.5, 0.6) is 0 Å². The van der Waals surface area contributed by atoms with Gasteiger partial charge in [0.1, 0.15) is 5.82 Å². The highest BCUT2D eigenvalue weighted by atomic mass is 32.1. The van der Waals surface area contributed by atoms with Crippen LogP contribution in [0.2, 0.25) is 0 Å². The molecule has 164 valence electrons. The largest absolute Gasteiger partial charge is 0.340 e. The second kappa shape index (κ2) is 9.75. The van der Waals surface area contributed by atoms with Crippen LogP contribution in [0, 0.1) is 18.7 Å². The molecule has 1 N–H and O–H groups in total. The quantitative estimate of drug-likeness (QED) is 0.584. The maximum Gasteiger partial charge on any atom is 0.274 e. The number of hydrogen-bond acceptors (Lipinski definition) is 4. The molecule has 0 aliphatic carbocycles. The van der Waals surface area contributed by atoms with E-state index >= 15 is 0 Å². The Hall–Kier alpha value is -2.51. The van der Waals surface area contributed by atoms with Gasteiger partial charge in [-0.25, -0.2) is 4.39 Å². The summed E-state index contributed by atoms with van der Waals surface area (Å²) in [5.41, 5.74) is 2.54. The summed E-state index contributed by atoms with van der Waals surface area (Å²) in [6, 6.07) is 12.7. The monoisotopic (exact) mass is 440 g/mol. The van der Waals surface area contributed by atoms with Crippen molar-refractivity contribution in [3.8, 4) is 10.6 Å². The molecular formula is C24H29FN4OS. The molecule has 0 unspecified atom stereocenters. The first kappa shape index (κ1) is 21.7. The first-order valence-corrected chi connectivity index (χ1v) is 11.6. The Bertz CT molecular complexity index is 1000. The van der Waals surface area contributed by atoms with E-state index < -0.39 is 0 Å². The minimum atomic E-state index is -0.184. The maximum absolute atomic E-state index is 13.0. The van der Waals surface area contributed by atoms with Gasteiger partial charge in [-0.2, -0.15) is 5.10 Å². The van der Waals surface area contributed by atoms with Gasteiger partial charge in [0, 0.05) is 25.0 Å². The molecule has 3 aromatic rings. The molecule has 5 nitrogen and oxygen atoms in total. The van der Waals surface area contributed by atoms with Crippen LogP contribution in [0.25, 0.3) is 10.6 Å². The second-order valence-electron chi connectivity index (χ2n) is 8.42. The molecule has 3 heterocycles. The topological polar surface area (TPSA) is 52.2 Å². The number of likely N-dealkylation sites (tertiary alicyclic amines) is 1. The van der Waals surface area contributed by atoms with Gasteiger partial charge in [0.05, 0.1) is 10.6 Å². The summed E-state index contributed by atoms with van der Waals surface area (Å²) in [6.07, 6.45) is 3.11. The van der Waals surface area contributed by atoms with Crippen molar-refractivity contribution < 1.29 is 9.18 Å². The van der Waals surface area contributed by atoms with Gasteiger partial charge >= 0.3 is 0 Å². The van der Waals surface area contributed by atoms with E-state index in [1.807, 2.05) is 25.2 Å². The van der Waals surface area contributed by atoms with E-state index in [0.717, 1.165) is 56.0 Å². The number of benzene rings is 1. The summed E-state index contributed by atoms with van der Waals surface area (Å²) in [6.45, 7) is 5.89. The number of thiophene rings is 1. The van der Waals surface area contributed by atoms with Gasteiger partial charge in [-0.05, 0) is 81.1 Å². The number of H-pyrrole nitrogens is 1. The van der Waals surface area contributed by atoms with Gasteiger partial charge in [0.2, 0.25) is 0 Å². The summed E-state index contributed by atoms with van der Waals surface area (Å²) >= 11 is 1.69. The number of rotatable bonds is 7. The van der Waals surface area contributed by atoms with Crippen molar-refractivity contribution in [3.05, 3.63) is 64.4 Å². The summed E-state index contributed by atoms with van der Waals surface area (Å²) in [5.74, 6) is 0.291. The molecule has 0 bridgehead atoms. The van der Waals surface area contributed by atoms with Gasteiger partial charge in [-0.1, -0.05) is 12.1 Å². The van der Waals surface area contributed by atoms with Crippen molar-refractivity contribution in [3.63, 3.8) is 0 Å². The molecule has 7 heteroatoms. The van der Waals surface area contributed by atoms with Crippen LogP contribution < -0.4 is 0 Å². The van der Waals surface area contributed by atoms with Crippen LogP contribution in [0.3, 0.4) is 0 Å². The number of aromatic amines is 1. The maximum atomic E-state index is 13.0. The van der Waals surface area contributed by atoms with Crippen molar-refractivity contribution in [2.75, 3.05) is 33.2 Å². The average molecular weight is 441 g/mol. The zero-order valence-corrected chi connectivity index (χ0v) is 18.9. The van der Waals surface area contributed by atoms with Gasteiger partial charge in [-0.15, -0.1) is 11.3 Å². The van der Waals surface area contributed by atoms with Crippen molar-refractivity contribution in [2.24, 2.45) is 5.92 Å². The smallest absolute Gasteiger partial charge is 0.274 e. The number of piperidine rings is 1.